The second-order valence-electron chi connectivity index (χ2n) is 8.74. The summed E-state index contributed by atoms with van der Waals surface area (Å²) in [5.41, 5.74) is 3.71. The van der Waals surface area contributed by atoms with Crippen molar-refractivity contribution in [2.45, 2.75) is 12.3 Å². The number of allylic oxidation sites excluding steroid dienone is 1. The first kappa shape index (κ1) is 24.4. The quantitative estimate of drug-likeness (QED) is 0.234. The van der Waals surface area contributed by atoms with E-state index in [9.17, 15) is 13.2 Å². The van der Waals surface area contributed by atoms with E-state index in [1.807, 2.05) is 30.3 Å². The predicted octanol–water partition coefficient (Wildman–Crippen LogP) is 4.06. The Morgan fingerprint density at radius 1 is 1.03 bits per heavy atom. The topological polar surface area (TPSA) is 128 Å². The Morgan fingerprint density at radius 2 is 1.84 bits per heavy atom. The lowest BCUT2D eigenvalue weighted by molar-refractivity contribution is 0.580. The van der Waals surface area contributed by atoms with E-state index in [0.717, 1.165) is 16.6 Å². The summed E-state index contributed by atoms with van der Waals surface area (Å²) in [4.78, 5) is 21.2. The Bertz CT molecular complexity index is 1830. The lowest BCUT2D eigenvalue weighted by Gasteiger charge is -2.07. The van der Waals surface area contributed by atoms with Crippen LogP contribution in [0, 0.1) is 5.41 Å². The molecule has 0 saturated heterocycles. The molecule has 0 aliphatic rings. The molecule has 2 heterocycles. The van der Waals surface area contributed by atoms with Crippen LogP contribution in [0.3, 0.4) is 0 Å². The second kappa shape index (κ2) is 9.96. The number of H-pyrrole nitrogens is 1. The number of aromatic amines is 1. The van der Waals surface area contributed by atoms with Gasteiger partial charge in [-0.3, -0.25) is 9.78 Å². The third-order valence-corrected chi connectivity index (χ3v) is 7.46. The van der Waals surface area contributed by atoms with Crippen molar-refractivity contribution in [3.8, 4) is 0 Å². The fourth-order valence-corrected chi connectivity index (χ4v) is 5.44. The van der Waals surface area contributed by atoms with Crippen LogP contribution in [0.25, 0.3) is 38.2 Å². The number of nitrogens with zero attached hydrogens (tertiary/aromatic N) is 1. The van der Waals surface area contributed by atoms with Gasteiger partial charge in [-0.25, -0.2) is 13.1 Å². The van der Waals surface area contributed by atoms with Gasteiger partial charge in [0.2, 0.25) is 10.0 Å². The Labute approximate surface area is 213 Å². The summed E-state index contributed by atoms with van der Waals surface area (Å²) >= 11 is 0. The van der Waals surface area contributed by atoms with E-state index in [1.165, 1.54) is 6.21 Å². The zero-order chi connectivity index (χ0) is 26.0. The van der Waals surface area contributed by atoms with Gasteiger partial charge in [0, 0.05) is 58.8 Å². The van der Waals surface area contributed by atoms with Crippen LogP contribution < -0.4 is 15.5 Å². The van der Waals surface area contributed by atoms with Gasteiger partial charge in [-0.15, -0.1) is 0 Å². The van der Waals surface area contributed by atoms with Gasteiger partial charge in [0.25, 0.3) is 0 Å². The van der Waals surface area contributed by atoms with Gasteiger partial charge in [-0.05, 0) is 46.7 Å². The zero-order valence-electron chi connectivity index (χ0n) is 20.1. The molecule has 2 aromatic heterocycles. The zero-order valence-corrected chi connectivity index (χ0v) is 20.9. The molecule has 0 unspecified atom stereocenters. The van der Waals surface area contributed by atoms with Crippen LogP contribution in [0.1, 0.15) is 16.8 Å². The van der Waals surface area contributed by atoms with E-state index >= 15 is 0 Å². The van der Waals surface area contributed by atoms with Crippen molar-refractivity contribution in [2.24, 2.45) is 0 Å². The first-order chi connectivity index (χ1) is 17.9. The number of benzene rings is 2. The van der Waals surface area contributed by atoms with E-state index < -0.39 is 10.0 Å². The molecule has 4 N–H and O–H groups in total. The number of sulfonamides is 1. The SMILES string of the molecule is CN/C=C(\C=N)c1cnc2ccc3ccc(CS(=O)(=O)NCc4cc5ccccc5[nH]4)cc3c(=O)c2c1. The van der Waals surface area contributed by atoms with Crippen molar-refractivity contribution in [3.05, 3.63) is 106 Å². The highest BCUT2D eigenvalue weighted by Crippen LogP contribution is 2.20. The molecule has 5 rings (SSSR count). The average Bonchev–Trinajstić information content (AvgIpc) is 3.27. The second-order valence-corrected chi connectivity index (χ2v) is 10.5. The van der Waals surface area contributed by atoms with Crippen molar-refractivity contribution < 1.29 is 8.42 Å². The van der Waals surface area contributed by atoms with E-state index in [0.29, 0.717) is 38.4 Å². The van der Waals surface area contributed by atoms with E-state index in [-0.39, 0.29) is 17.7 Å². The number of rotatable bonds is 8. The van der Waals surface area contributed by atoms with Gasteiger partial charge in [0.1, 0.15) is 0 Å². The Balaban J connectivity index is 1.46. The fourth-order valence-electron chi connectivity index (χ4n) is 4.35. The average molecular weight is 512 g/mol. The van der Waals surface area contributed by atoms with E-state index in [2.05, 4.69) is 20.0 Å². The van der Waals surface area contributed by atoms with Crippen LogP contribution in [-0.4, -0.2) is 31.6 Å². The molecule has 8 nitrogen and oxygen atoms in total. The minimum Gasteiger partial charge on any atom is -0.393 e. The maximum absolute atomic E-state index is 13.5. The van der Waals surface area contributed by atoms with Crippen LogP contribution >= 0.6 is 0 Å². The number of fused-ring (bicyclic) bond motifs is 3. The summed E-state index contributed by atoms with van der Waals surface area (Å²) in [6.45, 7) is 0.140. The number of hydrogen-bond donors (Lipinski definition) is 4. The van der Waals surface area contributed by atoms with Crippen LogP contribution in [0.4, 0.5) is 0 Å². The van der Waals surface area contributed by atoms with Gasteiger partial charge in [-0.2, -0.15) is 0 Å². The number of para-hydroxylation sites is 1. The third-order valence-electron chi connectivity index (χ3n) is 6.16. The first-order valence-electron chi connectivity index (χ1n) is 11.6. The van der Waals surface area contributed by atoms with Crippen LogP contribution in [0.5, 0.6) is 0 Å². The molecule has 37 heavy (non-hydrogen) atoms. The molecular weight excluding hydrogens is 486 g/mol. The highest BCUT2D eigenvalue weighted by Gasteiger charge is 2.14. The van der Waals surface area contributed by atoms with Gasteiger partial charge in [0.15, 0.2) is 5.43 Å². The predicted molar refractivity (Wildman–Crippen MR) is 149 cm³/mol. The number of pyridine rings is 1. The van der Waals surface area contributed by atoms with Crippen molar-refractivity contribution in [1.29, 1.82) is 5.41 Å². The van der Waals surface area contributed by atoms with Gasteiger partial charge >= 0.3 is 0 Å². The highest BCUT2D eigenvalue weighted by atomic mass is 32.2. The summed E-state index contributed by atoms with van der Waals surface area (Å²) in [5.74, 6) is -0.258. The lowest BCUT2D eigenvalue weighted by Crippen LogP contribution is -2.24. The van der Waals surface area contributed by atoms with Crippen LogP contribution in [0.2, 0.25) is 0 Å². The molecule has 0 fully saturated rings. The van der Waals surface area contributed by atoms with Crippen LogP contribution in [-0.2, 0) is 22.3 Å². The maximum Gasteiger partial charge on any atom is 0.216 e. The van der Waals surface area contributed by atoms with E-state index in [4.69, 9.17) is 5.41 Å². The lowest BCUT2D eigenvalue weighted by atomic mass is 10.1. The molecule has 0 bridgehead atoms. The maximum atomic E-state index is 13.5. The molecule has 0 amide bonds. The fraction of sp³-hybridized carbons (Fsp3) is 0.107. The molecule has 0 aliphatic carbocycles. The highest BCUT2D eigenvalue weighted by molar-refractivity contribution is 7.88. The minimum absolute atomic E-state index is 0.140. The molecular formula is C28H25N5O3S. The molecule has 186 valence electrons. The molecule has 3 aromatic carbocycles. The molecule has 0 radical (unpaired) electrons. The van der Waals surface area contributed by atoms with E-state index in [1.54, 1.807) is 55.8 Å². The van der Waals surface area contributed by atoms with Crippen molar-refractivity contribution in [1.82, 2.24) is 20.0 Å². The van der Waals surface area contributed by atoms with Crippen molar-refractivity contribution in [2.75, 3.05) is 7.05 Å². The first-order valence-corrected chi connectivity index (χ1v) is 13.3. The molecule has 9 heteroatoms. The minimum atomic E-state index is -3.66. The monoisotopic (exact) mass is 511 g/mol. The molecule has 0 aliphatic heterocycles. The summed E-state index contributed by atoms with van der Waals surface area (Å²) in [7, 11) is -1.93. The van der Waals surface area contributed by atoms with Crippen LogP contribution in [0.15, 0.2) is 83.9 Å². The summed E-state index contributed by atoms with van der Waals surface area (Å²) < 4.78 is 28.3. The molecule has 0 saturated carbocycles. The van der Waals surface area contributed by atoms with Gasteiger partial charge in [-0.1, -0.05) is 36.4 Å². The normalized spacial score (nSPS) is 12.3. The number of nitrogens with one attached hydrogen (secondary N) is 4. The molecule has 0 atom stereocenters. The summed E-state index contributed by atoms with van der Waals surface area (Å²) in [6.07, 6.45) is 4.47. The number of hydrogen-bond acceptors (Lipinski definition) is 6. The van der Waals surface area contributed by atoms with Gasteiger partial charge in [0.05, 0.1) is 17.8 Å². The molecule has 5 aromatic rings. The smallest absolute Gasteiger partial charge is 0.216 e. The largest absolute Gasteiger partial charge is 0.393 e. The summed E-state index contributed by atoms with van der Waals surface area (Å²) in [5, 5.41) is 13.1. The standard InChI is InChI=1S/C28H25N5O3S/c1-30-14-22(13-29)21-12-25-27(31-15-21)9-8-19-7-6-18(10-24(19)28(25)34)17-37(35,36)32-16-23-11-20-4-2-3-5-26(20)33-23/h2-15,29-30,32-33H,16-17H2,1H3/b22-14+,29-13?. The number of aromatic nitrogens is 2. The third kappa shape index (κ3) is 5.13. The Hall–Kier alpha value is -4.34. The van der Waals surface area contributed by atoms with Gasteiger partial charge < -0.3 is 15.7 Å². The molecule has 0 spiro atoms. The van der Waals surface area contributed by atoms with Crippen molar-refractivity contribution in [3.63, 3.8) is 0 Å². The Kier molecular flexibility index (Phi) is 6.56. The summed E-state index contributed by atoms with van der Waals surface area (Å²) in [6, 6.07) is 20.1. The van der Waals surface area contributed by atoms with Crippen molar-refractivity contribution >= 4 is 54.4 Å². The Morgan fingerprint density at radius 3 is 2.62 bits per heavy atom.